The van der Waals surface area contributed by atoms with Crippen molar-refractivity contribution in [3.63, 3.8) is 0 Å². The van der Waals surface area contributed by atoms with Crippen LogP contribution in [0, 0.1) is 10.8 Å². The van der Waals surface area contributed by atoms with Crippen LogP contribution in [-0.4, -0.2) is 9.65 Å². The first-order valence-corrected chi connectivity index (χ1v) is 6.01. The first-order valence-electron chi connectivity index (χ1n) is 4.17. The molecule has 2 rings (SSSR count). The van der Waals surface area contributed by atoms with Crippen molar-refractivity contribution >= 4 is 31.9 Å². The Kier molecular flexibility index (Phi) is 1.86. The average Bonchev–Trinajstić information content (AvgIpc) is 2.39. The van der Waals surface area contributed by atoms with Gasteiger partial charge in [-0.25, -0.2) is 0 Å². The highest BCUT2D eigenvalue weighted by Crippen LogP contribution is 2.59. The summed E-state index contributed by atoms with van der Waals surface area (Å²) >= 11 is 7.41. The Hall–Kier alpha value is 0.440. The summed E-state index contributed by atoms with van der Waals surface area (Å²) in [6.45, 7) is 4.62. The van der Waals surface area contributed by atoms with Gasteiger partial charge in [0.15, 0.2) is 0 Å². The molecule has 0 spiro atoms. The first-order chi connectivity index (χ1) is 5.51. The van der Waals surface area contributed by atoms with E-state index in [-0.39, 0.29) is 10.8 Å². The summed E-state index contributed by atoms with van der Waals surface area (Å²) in [6.07, 6.45) is 9.17. The second-order valence-electron chi connectivity index (χ2n) is 4.09. The maximum atomic E-state index is 3.71. The van der Waals surface area contributed by atoms with Crippen LogP contribution in [0.2, 0.25) is 0 Å². The van der Waals surface area contributed by atoms with E-state index in [9.17, 15) is 0 Å². The van der Waals surface area contributed by atoms with Crippen LogP contribution in [0.1, 0.15) is 13.8 Å². The number of fused-ring (bicyclic) bond motifs is 1. The third-order valence-corrected chi connectivity index (χ3v) is 6.04. The maximum absolute atomic E-state index is 3.71. The van der Waals surface area contributed by atoms with Crippen LogP contribution in [-0.2, 0) is 0 Å². The summed E-state index contributed by atoms with van der Waals surface area (Å²) in [4.78, 5) is 0.961. The van der Waals surface area contributed by atoms with Crippen LogP contribution < -0.4 is 0 Å². The lowest BCUT2D eigenvalue weighted by Crippen LogP contribution is -2.37. The van der Waals surface area contributed by atoms with Gasteiger partial charge in [0.05, 0.1) is 0 Å². The van der Waals surface area contributed by atoms with Crippen molar-refractivity contribution in [2.45, 2.75) is 23.5 Å². The Morgan fingerprint density at radius 3 is 1.58 bits per heavy atom. The second kappa shape index (κ2) is 2.48. The van der Waals surface area contributed by atoms with Crippen LogP contribution in [0.3, 0.4) is 0 Å². The molecule has 0 aromatic rings. The smallest absolute Gasteiger partial charge is 0.0422 e. The van der Waals surface area contributed by atoms with E-state index in [2.05, 4.69) is 70.0 Å². The van der Waals surface area contributed by atoms with Crippen LogP contribution in [0.15, 0.2) is 24.3 Å². The molecule has 0 fully saturated rings. The third-order valence-electron chi connectivity index (χ3n) is 3.53. The Morgan fingerprint density at radius 2 is 1.25 bits per heavy atom. The highest BCUT2D eigenvalue weighted by molar-refractivity contribution is 9.10. The summed E-state index contributed by atoms with van der Waals surface area (Å²) in [6, 6.07) is 0. The molecule has 0 radical (unpaired) electrons. The van der Waals surface area contributed by atoms with Crippen molar-refractivity contribution in [1.82, 2.24) is 0 Å². The normalized spacial score (nSPS) is 56.3. The fourth-order valence-electron chi connectivity index (χ4n) is 2.11. The zero-order valence-corrected chi connectivity index (χ0v) is 10.4. The molecule has 4 atom stereocenters. The van der Waals surface area contributed by atoms with E-state index < -0.39 is 0 Å². The Morgan fingerprint density at radius 1 is 0.917 bits per heavy atom. The van der Waals surface area contributed by atoms with Gasteiger partial charge in [-0.3, -0.25) is 0 Å². The number of halogens is 2. The van der Waals surface area contributed by atoms with Gasteiger partial charge in [-0.1, -0.05) is 70.0 Å². The molecule has 2 aliphatic rings. The van der Waals surface area contributed by atoms with Gasteiger partial charge in [-0.05, 0) is 0 Å². The van der Waals surface area contributed by atoms with Crippen LogP contribution in [0.4, 0.5) is 0 Å². The van der Waals surface area contributed by atoms with Gasteiger partial charge in [-0.2, -0.15) is 0 Å². The lowest BCUT2D eigenvalue weighted by atomic mass is 9.70. The third kappa shape index (κ3) is 0.832. The van der Waals surface area contributed by atoms with Crippen molar-refractivity contribution in [3.8, 4) is 0 Å². The molecule has 0 unspecified atom stereocenters. The molecule has 0 N–H and O–H groups in total. The monoisotopic (exact) mass is 290 g/mol. The maximum Gasteiger partial charge on any atom is 0.0422 e. The Bertz CT molecular complexity index is 241. The summed E-state index contributed by atoms with van der Waals surface area (Å²) in [7, 11) is 0. The van der Waals surface area contributed by atoms with Gasteiger partial charge < -0.3 is 0 Å². The van der Waals surface area contributed by atoms with Gasteiger partial charge in [-0.15, -0.1) is 0 Å². The summed E-state index contributed by atoms with van der Waals surface area (Å²) < 4.78 is 0. The predicted molar refractivity (Wildman–Crippen MR) is 59.9 cm³/mol. The highest BCUT2D eigenvalue weighted by Gasteiger charge is 2.54. The number of rotatable bonds is 0. The number of alkyl halides is 2. The van der Waals surface area contributed by atoms with Crippen molar-refractivity contribution in [1.29, 1.82) is 0 Å². The lowest BCUT2D eigenvalue weighted by molar-refractivity contribution is 0.247. The number of hydrogen-bond acceptors (Lipinski definition) is 0. The van der Waals surface area contributed by atoms with E-state index in [1.54, 1.807) is 0 Å². The molecule has 66 valence electrons. The largest absolute Gasteiger partial charge is 0.0836 e. The van der Waals surface area contributed by atoms with Crippen molar-refractivity contribution in [2.75, 3.05) is 0 Å². The molecule has 0 aromatic carbocycles. The molecule has 12 heavy (non-hydrogen) atoms. The highest BCUT2D eigenvalue weighted by atomic mass is 79.9. The SMILES string of the molecule is C[C@@]12C=C[C@@H](Br)[C@]1(C)C=C[C@H]2Br. The van der Waals surface area contributed by atoms with E-state index in [1.807, 2.05) is 0 Å². The van der Waals surface area contributed by atoms with Gasteiger partial charge in [0, 0.05) is 20.5 Å². The van der Waals surface area contributed by atoms with Gasteiger partial charge in [0.25, 0.3) is 0 Å². The van der Waals surface area contributed by atoms with Crippen LogP contribution in [0.25, 0.3) is 0 Å². The molecule has 0 saturated carbocycles. The zero-order chi connectivity index (χ0) is 8.98. The van der Waals surface area contributed by atoms with Crippen molar-refractivity contribution < 1.29 is 0 Å². The minimum atomic E-state index is 0.251. The molecular weight excluding hydrogens is 280 g/mol. The number of hydrogen-bond donors (Lipinski definition) is 0. The zero-order valence-electron chi connectivity index (χ0n) is 7.22. The first kappa shape index (κ1) is 9.01. The molecule has 0 aromatic heterocycles. The molecule has 0 saturated heterocycles. The minimum Gasteiger partial charge on any atom is -0.0836 e. The second-order valence-corrected chi connectivity index (χ2v) is 6.06. The van der Waals surface area contributed by atoms with Gasteiger partial charge in [0.1, 0.15) is 0 Å². The van der Waals surface area contributed by atoms with E-state index in [4.69, 9.17) is 0 Å². The topological polar surface area (TPSA) is 0 Å². The lowest BCUT2D eigenvalue weighted by Gasteiger charge is -2.38. The molecule has 2 aliphatic carbocycles. The molecule has 0 aliphatic heterocycles. The Labute approximate surface area is 90.4 Å². The predicted octanol–water partition coefficient (Wildman–Crippen LogP) is 3.67. The van der Waals surface area contributed by atoms with Gasteiger partial charge >= 0.3 is 0 Å². The van der Waals surface area contributed by atoms with Crippen molar-refractivity contribution in [2.24, 2.45) is 10.8 Å². The van der Waals surface area contributed by atoms with E-state index in [0.717, 1.165) is 0 Å². The molecule has 2 heteroatoms. The van der Waals surface area contributed by atoms with E-state index in [1.165, 1.54) is 0 Å². The quantitative estimate of drug-likeness (QED) is 0.472. The van der Waals surface area contributed by atoms with E-state index in [0.29, 0.717) is 9.65 Å². The summed E-state index contributed by atoms with van der Waals surface area (Å²) in [5.41, 5.74) is 0.502. The van der Waals surface area contributed by atoms with E-state index >= 15 is 0 Å². The average molecular weight is 292 g/mol. The Balaban J connectivity index is 2.48. The van der Waals surface area contributed by atoms with Crippen molar-refractivity contribution in [3.05, 3.63) is 24.3 Å². The molecule has 0 amide bonds. The molecule has 0 heterocycles. The molecule has 0 bridgehead atoms. The summed E-state index contributed by atoms with van der Waals surface area (Å²) in [5.74, 6) is 0. The number of allylic oxidation sites excluding steroid dienone is 4. The van der Waals surface area contributed by atoms with Crippen LogP contribution in [0.5, 0.6) is 0 Å². The molecular formula is C10H12Br2. The fourth-order valence-corrected chi connectivity index (χ4v) is 3.70. The van der Waals surface area contributed by atoms with Crippen LogP contribution >= 0.6 is 31.9 Å². The molecule has 0 nitrogen and oxygen atoms in total. The minimum absolute atomic E-state index is 0.251. The fraction of sp³-hybridized carbons (Fsp3) is 0.600. The standard InChI is InChI=1S/C10H12Br2/c1-9-5-3-8(12)10(9,2)6-4-7(9)11/h3-8H,1-2H3/t7-,8-,9+,10+/m1/s1. The van der Waals surface area contributed by atoms with Gasteiger partial charge in [0.2, 0.25) is 0 Å². The summed E-state index contributed by atoms with van der Waals surface area (Å²) in [5, 5.41) is 0.